The summed E-state index contributed by atoms with van der Waals surface area (Å²) in [5, 5.41) is 24.0. The SMILES string of the molecule is N[C@@H](CS)C(=O)O.N[C@@H](CS)C(=O)O.N[C@@H](CS)C(=O)O.[As]. The van der Waals surface area contributed by atoms with Gasteiger partial charge in [0.1, 0.15) is 18.1 Å². The van der Waals surface area contributed by atoms with Gasteiger partial charge in [-0.05, 0) is 0 Å². The standard InChI is InChI=1S/3C3H7NO2S.As/c3*4-2(1-7)3(5)6;/h3*2,7H,1,4H2,(H,5,6);/t3*2-;/m000./s1. The maximum atomic E-state index is 9.76. The van der Waals surface area contributed by atoms with Crippen molar-refractivity contribution >= 4 is 73.7 Å². The van der Waals surface area contributed by atoms with Crippen molar-refractivity contribution in [1.82, 2.24) is 0 Å². The average molecular weight is 438 g/mol. The molecule has 0 fully saturated rings. The van der Waals surface area contributed by atoms with Crippen LogP contribution in [0.25, 0.3) is 0 Å². The van der Waals surface area contributed by atoms with Crippen molar-refractivity contribution in [2.24, 2.45) is 17.2 Å². The molecule has 3 radical (unpaired) electrons. The van der Waals surface area contributed by atoms with Crippen LogP contribution in [-0.2, 0) is 14.4 Å². The van der Waals surface area contributed by atoms with Crippen LogP contribution in [0.4, 0.5) is 0 Å². The quantitative estimate of drug-likeness (QED) is 0.161. The minimum absolute atomic E-state index is 0. The molecule has 0 aromatic heterocycles. The zero-order chi connectivity index (χ0) is 17.6. The Morgan fingerprint density at radius 2 is 0.818 bits per heavy atom. The van der Waals surface area contributed by atoms with Crippen molar-refractivity contribution in [1.29, 1.82) is 0 Å². The third kappa shape index (κ3) is 22.2. The first-order valence-corrected chi connectivity index (χ1v) is 7.22. The molecule has 0 unspecified atom stereocenters. The Bertz CT molecular complexity index is 279. The van der Waals surface area contributed by atoms with Crippen LogP contribution >= 0.6 is 37.9 Å². The number of carboxylic acid groups (broad SMARTS) is 3. The molecule has 9 nitrogen and oxygen atoms in total. The summed E-state index contributed by atoms with van der Waals surface area (Å²) in [4.78, 5) is 29.3. The molecule has 0 amide bonds. The van der Waals surface area contributed by atoms with Crippen LogP contribution in [-0.4, -0.2) is 86.6 Å². The summed E-state index contributed by atoms with van der Waals surface area (Å²) >= 11 is 10.9. The number of hydrogen-bond donors (Lipinski definition) is 9. The molecule has 0 aromatic rings. The van der Waals surface area contributed by atoms with Gasteiger partial charge in [0.05, 0.1) is 0 Å². The van der Waals surface area contributed by atoms with Crippen LogP contribution in [0.1, 0.15) is 0 Å². The summed E-state index contributed by atoms with van der Waals surface area (Å²) in [5.74, 6) is -2.44. The Hall–Kier alpha value is -0.102. The van der Waals surface area contributed by atoms with E-state index in [4.69, 9.17) is 32.5 Å². The van der Waals surface area contributed by atoms with Gasteiger partial charge in [-0.2, -0.15) is 37.9 Å². The van der Waals surface area contributed by atoms with Gasteiger partial charge in [-0.3, -0.25) is 14.4 Å². The molecule has 131 valence electrons. The van der Waals surface area contributed by atoms with Gasteiger partial charge in [-0.15, -0.1) is 0 Å². The molecule has 0 aliphatic carbocycles. The number of nitrogens with two attached hydrogens (primary N) is 3. The van der Waals surface area contributed by atoms with Crippen LogP contribution in [0.5, 0.6) is 0 Å². The Morgan fingerprint density at radius 1 is 0.682 bits per heavy atom. The molecule has 0 aromatic carbocycles. The molecule has 9 N–H and O–H groups in total. The molecule has 3 atom stereocenters. The Kier molecular flexibility index (Phi) is 25.7. The fourth-order valence-corrected chi connectivity index (χ4v) is 0.703. The van der Waals surface area contributed by atoms with Crippen molar-refractivity contribution in [3.63, 3.8) is 0 Å². The maximum Gasteiger partial charge on any atom is 0.321 e. The predicted molar refractivity (Wildman–Crippen MR) is 94.1 cm³/mol. The molecule has 0 bridgehead atoms. The fourth-order valence-electron chi connectivity index (χ4n) is 0.234. The van der Waals surface area contributed by atoms with Gasteiger partial charge in [0.15, 0.2) is 0 Å². The van der Waals surface area contributed by atoms with Crippen LogP contribution < -0.4 is 17.2 Å². The van der Waals surface area contributed by atoms with Gasteiger partial charge in [-0.25, -0.2) is 0 Å². The topological polar surface area (TPSA) is 190 Å². The monoisotopic (exact) mass is 438 g/mol. The molecule has 13 heteroatoms. The van der Waals surface area contributed by atoms with E-state index >= 15 is 0 Å². The van der Waals surface area contributed by atoms with E-state index in [-0.39, 0.29) is 35.2 Å². The first-order valence-electron chi connectivity index (χ1n) is 5.32. The fraction of sp³-hybridized carbons (Fsp3) is 0.667. The number of hydrogen-bond acceptors (Lipinski definition) is 9. The summed E-state index contributed by atoms with van der Waals surface area (Å²) in [6.07, 6.45) is 0. The molecular weight excluding hydrogens is 417 g/mol. The second-order valence-corrected chi connectivity index (χ2v) is 4.48. The second-order valence-electron chi connectivity index (χ2n) is 3.38. The number of carbonyl (C=O) groups is 3. The molecule has 0 rings (SSSR count). The van der Waals surface area contributed by atoms with Crippen LogP contribution in [0.3, 0.4) is 0 Å². The first kappa shape index (κ1) is 29.9. The summed E-state index contributed by atoms with van der Waals surface area (Å²) < 4.78 is 0. The molecule has 0 aliphatic rings. The molecule has 0 spiro atoms. The summed E-state index contributed by atoms with van der Waals surface area (Å²) in [5.41, 5.74) is 14.8. The number of carboxylic acids is 3. The largest absolute Gasteiger partial charge is 0.480 e. The van der Waals surface area contributed by atoms with E-state index in [2.05, 4.69) is 37.9 Å². The smallest absolute Gasteiger partial charge is 0.321 e. The van der Waals surface area contributed by atoms with E-state index in [0.717, 1.165) is 0 Å². The van der Waals surface area contributed by atoms with Gasteiger partial charge in [0.25, 0.3) is 0 Å². The Morgan fingerprint density at radius 3 is 0.818 bits per heavy atom. The summed E-state index contributed by atoms with van der Waals surface area (Å²) in [7, 11) is 0. The normalized spacial score (nSPS) is 12.8. The molecule has 0 saturated heterocycles. The Balaban J connectivity index is -0.000000108. The third-order valence-electron chi connectivity index (χ3n) is 1.54. The zero-order valence-corrected chi connectivity index (χ0v) is 16.0. The van der Waals surface area contributed by atoms with Gasteiger partial charge >= 0.3 is 17.9 Å². The van der Waals surface area contributed by atoms with Gasteiger partial charge in [0, 0.05) is 35.2 Å². The van der Waals surface area contributed by atoms with Crippen LogP contribution in [0.15, 0.2) is 0 Å². The van der Waals surface area contributed by atoms with E-state index in [1.807, 2.05) is 0 Å². The van der Waals surface area contributed by atoms with Crippen molar-refractivity contribution in [2.75, 3.05) is 17.3 Å². The van der Waals surface area contributed by atoms with Crippen molar-refractivity contribution in [3.8, 4) is 0 Å². The zero-order valence-electron chi connectivity index (χ0n) is 11.4. The van der Waals surface area contributed by atoms with E-state index in [0.29, 0.717) is 0 Å². The van der Waals surface area contributed by atoms with Crippen molar-refractivity contribution < 1.29 is 29.7 Å². The minimum atomic E-state index is -1.00. The third-order valence-corrected chi connectivity index (χ3v) is 2.72. The predicted octanol–water partition coefficient (Wildman–Crippen LogP) is -2.40. The van der Waals surface area contributed by atoms with Crippen LogP contribution in [0.2, 0.25) is 0 Å². The van der Waals surface area contributed by atoms with Gasteiger partial charge < -0.3 is 32.5 Å². The minimum Gasteiger partial charge on any atom is -0.480 e. The van der Waals surface area contributed by atoms with E-state index < -0.39 is 36.0 Å². The van der Waals surface area contributed by atoms with Gasteiger partial charge in [-0.1, -0.05) is 0 Å². The molecule has 22 heavy (non-hydrogen) atoms. The number of rotatable bonds is 6. The molecular formula is C9H21AsN3O6S3. The molecule has 0 saturated carbocycles. The summed E-state index contributed by atoms with van der Waals surface area (Å²) in [6.45, 7) is 0. The average Bonchev–Trinajstić information content (AvgIpc) is 2.45. The van der Waals surface area contributed by atoms with Crippen molar-refractivity contribution in [3.05, 3.63) is 0 Å². The van der Waals surface area contributed by atoms with Gasteiger partial charge in [0.2, 0.25) is 0 Å². The number of aliphatic carboxylic acids is 3. The van der Waals surface area contributed by atoms with Crippen LogP contribution in [0, 0.1) is 0 Å². The second kappa shape index (κ2) is 18.9. The summed E-state index contributed by atoms with van der Waals surface area (Å²) in [6, 6.07) is -2.45. The first-order chi connectivity index (χ1) is 9.54. The molecule has 0 aliphatic heterocycles. The van der Waals surface area contributed by atoms with E-state index in [1.165, 1.54) is 0 Å². The Labute approximate surface area is 155 Å². The molecule has 0 heterocycles. The number of thiol groups is 3. The van der Waals surface area contributed by atoms with E-state index in [1.54, 1.807) is 0 Å². The van der Waals surface area contributed by atoms with Crippen molar-refractivity contribution in [2.45, 2.75) is 18.1 Å². The maximum absolute atomic E-state index is 9.76. The van der Waals surface area contributed by atoms with E-state index in [9.17, 15) is 14.4 Å².